The fourth-order valence-electron chi connectivity index (χ4n) is 1.53. The maximum absolute atomic E-state index is 12.9. The number of ether oxygens (including phenoxy) is 3. The Morgan fingerprint density at radius 3 is 1.03 bits per heavy atom. The van der Waals surface area contributed by atoms with Gasteiger partial charge < -0.3 is 14.2 Å². The van der Waals surface area contributed by atoms with Crippen molar-refractivity contribution in [3.05, 3.63) is 6.92 Å². The van der Waals surface area contributed by atoms with Gasteiger partial charge in [0.15, 0.2) is 5.79 Å². The molecule has 0 fully saturated rings. The van der Waals surface area contributed by atoms with Crippen LogP contribution in [0.15, 0.2) is 0 Å². The molecule has 29 heavy (non-hydrogen) atoms. The van der Waals surface area contributed by atoms with Crippen molar-refractivity contribution in [3.8, 4) is 0 Å². The maximum atomic E-state index is 12.9. The van der Waals surface area contributed by atoms with Crippen molar-refractivity contribution in [2.75, 3.05) is 20.0 Å². The molecule has 0 aromatic rings. The lowest BCUT2D eigenvalue weighted by molar-refractivity contribution is -0.000682. The van der Waals surface area contributed by atoms with Crippen LogP contribution in [0.1, 0.15) is 41.5 Å². The Balaban J connectivity index is 5.42. The van der Waals surface area contributed by atoms with Crippen LogP contribution in [0.5, 0.6) is 0 Å². The van der Waals surface area contributed by atoms with Crippen LogP contribution in [-0.2, 0) is 14.2 Å². The molecular formula is C17H29F3N3O6. The molecule has 0 aromatic heterocycles. The van der Waals surface area contributed by atoms with Crippen LogP contribution in [0.25, 0.3) is 0 Å². The molecule has 0 aliphatic carbocycles. The van der Waals surface area contributed by atoms with E-state index in [0.29, 0.717) is 0 Å². The van der Waals surface area contributed by atoms with E-state index in [2.05, 4.69) is 6.92 Å². The van der Waals surface area contributed by atoms with Gasteiger partial charge in [0.1, 0.15) is 36.8 Å². The minimum atomic E-state index is -2.32. The Labute approximate surface area is 168 Å². The highest BCUT2D eigenvalue weighted by molar-refractivity contribution is 5.76. The molecule has 0 saturated heterocycles. The van der Waals surface area contributed by atoms with Gasteiger partial charge in [-0.3, -0.25) is 16.0 Å². The number of halogens is 3. The minimum absolute atomic E-state index is 1.02. The summed E-state index contributed by atoms with van der Waals surface area (Å²) in [6.07, 6.45) is -3.80. The number of nitrogens with one attached hydrogen (secondary N) is 3. The lowest BCUT2D eigenvalue weighted by atomic mass is 10.2. The SMILES string of the molecule is [CH2]C(NC(=O)OC(C)(C)CF)(NC(=O)OC(C)(C)CF)NC(=O)OC(C)(C)CF. The van der Waals surface area contributed by atoms with Crippen LogP contribution in [0.4, 0.5) is 27.6 Å². The second kappa shape index (κ2) is 9.88. The topological polar surface area (TPSA) is 115 Å². The van der Waals surface area contributed by atoms with E-state index >= 15 is 0 Å². The first kappa shape index (κ1) is 26.6. The normalized spacial score (nSPS) is 12.6. The molecule has 1 radical (unpaired) electrons. The number of hydrogen-bond acceptors (Lipinski definition) is 6. The molecule has 0 unspecified atom stereocenters. The average molecular weight is 428 g/mol. The fourth-order valence-corrected chi connectivity index (χ4v) is 1.53. The summed E-state index contributed by atoms with van der Waals surface area (Å²) in [5.41, 5.74) is -4.55. The van der Waals surface area contributed by atoms with Crippen molar-refractivity contribution in [1.82, 2.24) is 16.0 Å². The van der Waals surface area contributed by atoms with Crippen LogP contribution in [0.2, 0.25) is 0 Å². The second-order valence-electron chi connectivity index (χ2n) is 8.13. The van der Waals surface area contributed by atoms with Gasteiger partial charge >= 0.3 is 18.3 Å². The van der Waals surface area contributed by atoms with E-state index in [1.807, 2.05) is 16.0 Å². The van der Waals surface area contributed by atoms with E-state index in [-0.39, 0.29) is 0 Å². The summed E-state index contributed by atoms with van der Waals surface area (Å²) in [4.78, 5) is 36.1. The van der Waals surface area contributed by atoms with E-state index < -0.39 is 60.9 Å². The van der Waals surface area contributed by atoms with Gasteiger partial charge in [-0.2, -0.15) is 0 Å². The number of amides is 3. The number of carbonyl (C=O) groups is 3. The zero-order valence-electron chi connectivity index (χ0n) is 17.4. The first-order valence-corrected chi connectivity index (χ1v) is 8.55. The number of alkyl carbamates (subject to hydrolysis) is 3. The maximum Gasteiger partial charge on any atom is 0.411 e. The van der Waals surface area contributed by atoms with Gasteiger partial charge in [0.25, 0.3) is 0 Å². The third-order valence-corrected chi connectivity index (χ3v) is 3.02. The van der Waals surface area contributed by atoms with Gasteiger partial charge in [0.05, 0.1) is 0 Å². The Morgan fingerprint density at radius 2 is 0.862 bits per heavy atom. The Kier molecular flexibility index (Phi) is 9.06. The molecule has 0 rings (SSSR count). The number of alkyl halides is 3. The van der Waals surface area contributed by atoms with E-state index in [9.17, 15) is 27.6 Å². The minimum Gasteiger partial charge on any atom is -0.441 e. The van der Waals surface area contributed by atoms with Gasteiger partial charge in [0, 0.05) is 6.92 Å². The number of rotatable bonds is 9. The molecule has 0 aliphatic heterocycles. The van der Waals surface area contributed by atoms with E-state index in [1.54, 1.807) is 0 Å². The molecule has 0 saturated carbocycles. The summed E-state index contributed by atoms with van der Waals surface area (Å²) >= 11 is 0. The summed E-state index contributed by atoms with van der Waals surface area (Å²) in [6, 6.07) is 0. The summed E-state index contributed by atoms with van der Waals surface area (Å²) in [5, 5.41) is 6.01. The van der Waals surface area contributed by atoms with Crippen molar-refractivity contribution in [2.45, 2.75) is 64.1 Å². The lowest BCUT2D eigenvalue weighted by Gasteiger charge is -2.34. The van der Waals surface area contributed by atoms with Crippen LogP contribution in [0.3, 0.4) is 0 Å². The van der Waals surface area contributed by atoms with Crippen LogP contribution in [0, 0.1) is 6.92 Å². The molecule has 0 aromatic carbocycles. The third-order valence-electron chi connectivity index (χ3n) is 3.02. The molecule has 0 heterocycles. The molecule has 9 nitrogen and oxygen atoms in total. The highest BCUT2D eigenvalue weighted by atomic mass is 19.1. The standard InChI is InChI=1S/C17H29F3N3O6/c1-14(2,8-18)27-11(24)21-17(7,22-12(25)28-15(3,4)9-19)23-13(26)29-16(5,6)10-20/h7-10H2,1-6H3,(H,21,24)(H,22,25)(H,23,26). The third kappa shape index (κ3) is 10.6. The molecule has 0 spiro atoms. The molecule has 169 valence electrons. The first-order valence-electron chi connectivity index (χ1n) is 8.55. The first-order chi connectivity index (χ1) is 13.0. The molecule has 0 aliphatic rings. The van der Waals surface area contributed by atoms with E-state index in [4.69, 9.17) is 14.2 Å². The molecule has 3 amide bonds. The molecule has 3 N–H and O–H groups in total. The van der Waals surface area contributed by atoms with Crippen molar-refractivity contribution in [2.24, 2.45) is 0 Å². The lowest BCUT2D eigenvalue weighted by Crippen LogP contribution is -2.69. The van der Waals surface area contributed by atoms with E-state index in [1.165, 1.54) is 41.5 Å². The predicted molar refractivity (Wildman–Crippen MR) is 97.1 cm³/mol. The molecule has 0 atom stereocenters. The van der Waals surface area contributed by atoms with Crippen molar-refractivity contribution in [1.29, 1.82) is 0 Å². The van der Waals surface area contributed by atoms with Gasteiger partial charge in [-0.15, -0.1) is 0 Å². The highest BCUT2D eigenvalue weighted by Crippen LogP contribution is 2.14. The van der Waals surface area contributed by atoms with Gasteiger partial charge in [0.2, 0.25) is 0 Å². The Morgan fingerprint density at radius 1 is 0.655 bits per heavy atom. The molecular weight excluding hydrogens is 399 g/mol. The van der Waals surface area contributed by atoms with Crippen molar-refractivity contribution in [3.63, 3.8) is 0 Å². The summed E-state index contributed by atoms with van der Waals surface area (Å²) in [6.45, 7) is 8.00. The van der Waals surface area contributed by atoms with E-state index in [0.717, 1.165) is 0 Å². The fraction of sp³-hybridized carbons (Fsp3) is 0.765. The highest BCUT2D eigenvalue weighted by Gasteiger charge is 2.37. The van der Waals surface area contributed by atoms with Crippen LogP contribution >= 0.6 is 0 Å². The quantitative estimate of drug-likeness (QED) is 0.384. The zero-order chi connectivity index (χ0) is 23.1. The number of hydrogen-bond donors (Lipinski definition) is 3. The Hall–Kier alpha value is -2.40. The largest absolute Gasteiger partial charge is 0.441 e. The smallest absolute Gasteiger partial charge is 0.411 e. The molecule has 0 bridgehead atoms. The zero-order valence-corrected chi connectivity index (χ0v) is 17.4. The van der Waals surface area contributed by atoms with Gasteiger partial charge in [-0.05, 0) is 41.5 Å². The van der Waals surface area contributed by atoms with Crippen molar-refractivity contribution < 1.29 is 41.8 Å². The van der Waals surface area contributed by atoms with Gasteiger partial charge in [-0.25, -0.2) is 27.6 Å². The predicted octanol–water partition coefficient (Wildman–Crippen LogP) is 2.90. The molecule has 12 heteroatoms. The van der Waals surface area contributed by atoms with Crippen LogP contribution < -0.4 is 16.0 Å². The second-order valence-corrected chi connectivity index (χ2v) is 8.13. The summed E-state index contributed by atoms with van der Waals surface area (Å²) in [5.74, 6) is -2.32. The van der Waals surface area contributed by atoms with Gasteiger partial charge in [-0.1, -0.05) is 0 Å². The van der Waals surface area contributed by atoms with Crippen LogP contribution in [-0.4, -0.2) is 60.9 Å². The monoisotopic (exact) mass is 428 g/mol. The Bertz CT molecular complexity index is 520. The average Bonchev–Trinajstić information content (AvgIpc) is 2.52. The summed E-state index contributed by atoms with van der Waals surface area (Å²) < 4.78 is 53.1. The van der Waals surface area contributed by atoms with Crippen molar-refractivity contribution >= 4 is 18.3 Å². The number of carbonyl (C=O) groups excluding carboxylic acids is 3. The summed E-state index contributed by atoms with van der Waals surface area (Å²) in [7, 11) is 0.